The number of aliphatic carboxylic acids is 1. The summed E-state index contributed by atoms with van der Waals surface area (Å²) in [6.07, 6.45) is 0.637. The molecule has 0 spiro atoms. The molecule has 0 atom stereocenters. The van der Waals surface area contributed by atoms with Crippen molar-refractivity contribution in [2.24, 2.45) is 0 Å². The van der Waals surface area contributed by atoms with Crippen molar-refractivity contribution in [1.82, 2.24) is 15.1 Å². The Morgan fingerprint density at radius 3 is 2.50 bits per heavy atom. The summed E-state index contributed by atoms with van der Waals surface area (Å²) in [5.74, 6) is -1.61. The topological polar surface area (TPSA) is 121 Å². The number of pyridine rings is 1. The molecule has 1 aliphatic heterocycles. The van der Waals surface area contributed by atoms with E-state index in [9.17, 15) is 18.0 Å². The van der Waals surface area contributed by atoms with Gasteiger partial charge in [0.05, 0.1) is 6.42 Å². The van der Waals surface area contributed by atoms with Crippen LogP contribution in [-0.2, 0) is 16.0 Å². The summed E-state index contributed by atoms with van der Waals surface area (Å²) in [4.78, 5) is 32.2. The number of nitrogens with zero attached hydrogens (tertiary/aromatic N) is 4. The molecule has 2 N–H and O–H groups in total. The van der Waals surface area contributed by atoms with E-state index in [2.05, 4.69) is 38.3 Å². The highest BCUT2D eigenvalue weighted by Crippen LogP contribution is 2.30. The molecule has 1 aromatic carbocycles. The van der Waals surface area contributed by atoms with E-state index in [-0.39, 0.29) is 18.2 Å². The van der Waals surface area contributed by atoms with Gasteiger partial charge in [0.1, 0.15) is 0 Å². The first-order chi connectivity index (χ1) is 17.0. The van der Waals surface area contributed by atoms with Crippen LogP contribution >= 0.6 is 0 Å². The fourth-order valence-corrected chi connectivity index (χ4v) is 3.76. The van der Waals surface area contributed by atoms with Crippen LogP contribution in [0.3, 0.4) is 0 Å². The summed E-state index contributed by atoms with van der Waals surface area (Å²) < 4.78 is 37.2. The molecular formula is C24H26F3N5O4. The lowest BCUT2D eigenvalue weighted by Crippen LogP contribution is -2.33. The number of amides is 1. The normalized spacial score (nSPS) is 14.1. The summed E-state index contributed by atoms with van der Waals surface area (Å²) in [6.45, 7) is 5.94. The lowest BCUT2D eigenvalue weighted by atomic mass is 9.96. The van der Waals surface area contributed by atoms with Gasteiger partial charge in [-0.1, -0.05) is 17.3 Å². The maximum atomic E-state index is 12.3. The predicted molar refractivity (Wildman–Crippen MR) is 125 cm³/mol. The number of alkyl halides is 3. The number of anilines is 2. The molecule has 12 heteroatoms. The van der Waals surface area contributed by atoms with E-state index in [1.54, 1.807) is 0 Å². The Labute approximate surface area is 205 Å². The first kappa shape index (κ1) is 26.6. The summed E-state index contributed by atoms with van der Waals surface area (Å²) in [6, 6.07) is 9.76. The highest BCUT2D eigenvalue weighted by molar-refractivity contribution is 5.91. The van der Waals surface area contributed by atoms with E-state index in [4.69, 9.17) is 14.4 Å². The Balaban J connectivity index is 0.000000454. The van der Waals surface area contributed by atoms with Gasteiger partial charge in [-0.05, 0) is 56.0 Å². The van der Waals surface area contributed by atoms with Gasteiger partial charge in [-0.2, -0.15) is 18.2 Å². The average Bonchev–Trinajstić information content (AvgIpc) is 3.27. The number of hydrogen-bond donors (Lipinski definition) is 2. The number of hydrogen-bond acceptors (Lipinski definition) is 7. The van der Waals surface area contributed by atoms with Gasteiger partial charge in [0.25, 0.3) is 0 Å². The molecule has 0 radical (unpaired) electrons. The van der Waals surface area contributed by atoms with Crippen LogP contribution in [0.15, 0.2) is 47.2 Å². The molecule has 4 rings (SSSR count). The molecule has 0 bridgehead atoms. The van der Waals surface area contributed by atoms with Crippen LogP contribution in [0.2, 0.25) is 0 Å². The number of nitrogens with one attached hydrogen (secondary N) is 1. The molecule has 3 aromatic rings. The Morgan fingerprint density at radius 1 is 1.19 bits per heavy atom. The Kier molecular flexibility index (Phi) is 8.62. The SMILES string of the molecule is Cc1cccc(NC(=O)Cc2noc(C3CCN(c4ccncc4C)CC3)n2)c1.O=C(O)C(F)(F)F. The molecule has 0 aliphatic carbocycles. The minimum atomic E-state index is -5.08. The van der Waals surface area contributed by atoms with Crippen molar-refractivity contribution in [2.75, 3.05) is 23.3 Å². The third-order valence-electron chi connectivity index (χ3n) is 5.52. The van der Waals surface area contributed by atoms with E-state index >= 15 is 0 Å². The Hall–Kier alpha value is -3.96. The van der Waals surface area contributed by atoms with E-state index in [1.165, 1.54) is 11.3 Å². The highest BCUT2D eigenvalue weighted by atomic mass is 19.4. The van der Waals surface area contributed by atoms with Gasteiger partial charge in [0.15, 0.2) is 5.82 Å². The van der Waals surface area contributed by atoms with Crippen LogP contribution in [0.1, 0.15) is 41.6 Å². The second-order valence-corrected chi connectivity index (χ2v) is 8.37. The highest BCUT2D eigenvalue weighted by Gasteiger charge is 2.38. The van der Waals surface area contributed by atoms with Gasteiger partial charge >= 0.3 is 12.1 Å². The molecule has 3 heterocycles. The average molecular weight is 505 g/mol. The third-order valence-corrected chi connectivity index (χ3v) is 5.52. The van der Waals surface area contributed by atoms with Crippen LogP contribution < -0.4 is 10.2 Å². The molecule has 192 valence electrons. The number of rotatable bonds is 5. The van der Waals surface area contributed by atoms with Crippen molar-refractivity contribution in [3.63, 3.8) is 0 Å². The smallest absolute Gasteiger partial charge is 0.475 e. The van der Waals surface area contributed by atoms with Crippen LogP contribution in [-0.4, -0.2) is 51.4 Å². The first-order valence-corrected chi connectivity index (χ1v) is 11.2. The summed E-state index contributed by atoms with van der Waals surface area (Å²) in [5.41, 5.74) is 4.29. The minimum absolute atomic E-state index is 0.104. The molecule has 0 unspecified atom stereocenters. The van der Waals surface area contributed by atoms with Crippen LogP contribution in [0.25, 0.3) is 0 Å². The zero-order valence-electron chi connectivity index (χ0n) is 19.7. The summed E-state index contributed by atoms with van der Waals surface area (Å²) in [7, 11) is 0. The van der Waals surface area contributed by atoms with Crippen molar-refractivity contribution in [3.8, 4) is 0 Å². The quantitative estimate of drug-likeness (QED) is 0.527. The van der Waals surface area contributed by atoms with Crippen LogP contribution in [0, 0.1) is 13.8 Å². The number of halogens is 3. The summed E-state index contributed by atoms with van der Waals surface area (Å²) in [5, 5.41) is 14.0. The minimum Gasteiger partial charge on any atom is -0.475 e. The molecule has 2 aromatic heterocycles. The van der Waals surface area contributed by atoms with Crippen molar-refractivity contribution in [1.29, 1.82) is 0 Å². The van der Waals surface area contributed by atoms with E-state index in [1.807, 2.05) is 43.6 Å². The van der Waals surface area contributed by atoms with Crippen LogP contribution in [0.5, 0.6) is 0 Å². The largest absolute Gasteiger partial charge is 0.490 e. The van der Waals surface area contributed by atoms with E-state index in [0.29, 0.717) is 11.7 Å². The Bertz CT molecular complexity index is 1190. The van der Waals surface area contributed by atoms with Crippen molar-refractivity contribution in [2.45, 2.75) is 45.2 Å². The lowest BCUT2D eigenvalue weighted by Gasteiger charge is -2.33. The number of carbonyl (C=O) groups is 2. The van der Waals surface area contributed by atoms with Gasteiger partial charge in [-0.3, -0.25) is 9.78 Å². The van der Waals surface area contributed by atoms with Crippen molar-refractivity contribution >= 4 is 23.3 Å². The number of piperidine rings is 1. The van der Waals surface area contributed by atoms with Gasteiger partial charge < -0.3 is 19.8 Å². The summed E-state index contributed by atoms with van der Waals surface area (Å²) >= 11 is 0. The molecule has 1 saturated heterocycles. The number of carbonyl (C=O) groups excluding carboxylic acids is 1. The van der Waals surface area contributed by atoms with E-state index < -0.39 is 12.1 Å². The van der Waals surface area contributed by atoms with Crippen molar-refractivity contribution < 1.29 is 32.4 Å². The Morgan fingerprint density at radius 2 is 1.89 bits per heavy atom. The van der Waals surface area contributed by atoms with Gasteiger partial charge in [0, 0.05) is 42.8 Å². The zero-order valence-corrected chi connectivity index (χ0v) is 19.7. The molecule has 1 fully saturated rings. The number of carboxylic acid groups (broad SMARTS) is 1. The maximum Gasteiger partial charge on any atom is 0.490 e. The molecular weight excluding hydrogens is 479 g/mol. The fraction of sp³-hybridized carbons (Fsp3) is 0.375. The number of aryl methyl sites for hydroxylation is 2. The predicted octanol–water partition coefficient (Wildman–Crippen LogP) is 4.28. The third kappa shape index (κ3) is 7.52. The number of aromatic nitrogens is 3. The van der Waals surface area contributed by atoms with Crippen LogP contribution in [0.4, 0.5) is 24.5 Å². The molecule has 1 amide bonds. The zero-order chi connectivity index (χ0) is 26.3. The second-order valence-electron chi connectivity index (χ2n) is 8.37. The molecule has 1 aliphatic rings. The second kappa shape index (κ2) is 11.6. The van der Waals surface area contributed by atoms with Gasteiger partial charge in [-0.15, -0.1) is 0 Å². The monoisotopic (exact) mass is 505 g/mol. The molecule has 36 heavy (non-hydrogen) atoms. The first-order valence-electron chi connectivity index (χ1n) is 11.2. The van der Waals surface area contributed by atoms with E-state index in [0.717, 1.165) is 37.2 Å². The van der Waals surface area contributed by atoms with Gasteiger partial charge in [0.2, 0.25) is 11.8 Å². The van der Waals surface area contributed by atoms with Gasteiger partial charge in [-0.25, -0.2) is 4.79 Å². The van der Waals surface area contributed by atoms with Crippen molar-refractivity contribution in [3.05, 3.63) is 65.6 Å². The molecule has 9 nitrogen and oxygen atoms in total. The maximum absolute atomic E-state index is 12.3. The number of benzene rings is 1. The number of carboxylic acids is 1. The molecule has 0 saturated carbocycles. The fourth-order valence-electron chi connectivity index (χ4n) is 3.76. The standard InChI is InChI=1S/C22H25N5O2.C2HF3O2/c1-15-4-3-5-18(12-15)24-21(28)13-20-25-22(29-26-20)17-7-10-27(11-8-17)19-6-9-23-14-16(19)2;3-2(4,5)1(6)7/h3-6,9,12,14,17H,7-8,10-11,13H2,1-2H3,(H,24,28);(H,6,7). The lowest BCUT2D eigenvalue weighted by molar-refractivity contribution is -0.192.